The summed E-state index contributed by atoms with van der Waals surface area (Å²) in [5, 5.41) is 12.2. The Morgan fingerprint density at radius 2 is 1.73 bits per heavy atom. The number of nitrogens with one attached hydrogen (secondary N) is 1. The van der Waals surface area contributed by atoms with E-state index in [0.29, 0.717) is 29.9 Å². The van der Waals surface area contributed by atoms with Crippen molar-refractivity contribution >= 4 is 27.6 Å². The van der Waals surface area contributed by atoms with Crippen molar-refractivity contribution in [1.82, 2.24) is 4.31 Å². The molecular weight excluding hydrogens is 404 g/mol. The van der Waals surface area contributed by atoms with Gasteiger partial charge >= 0.3 is 5.97 Å². The first-order chi connectivity index (χ1) is 14.3. The Balaban J connectivity index is 1.78. The molecule has 1 atom stereocenters. The van der Waals surface area contributed by atoms with Gasteiger partial charge in [-0.1, -0.05) is 42.8 Å². The zero-order chi connectivity index (χ0) is 21.7. The highest BCUT2D eigenvalue weighted by Gasteiger charge is 2.27. The van der Waals surface area contributed by atoms with Crippen molar-refractivity contribution in [2.45, 2.75) is 43.4 Å². The number of aliphatic carboxylic acids is 1. The fourth-order valence-electron chi connectivity index (χ4n) is 3.57. The van der Waals surface area contributed by atoms with E-state index in [0.717, 1.165) is 19.3 Å². The smallest absolute Gasteiger partial charge is 0.311 e. The molecule has 160 valence electrons. The Hall–Kier alpha value is -2.71. The maximum absolute atomic E-state index is 12.9. The van der Waals surface area contributed by atoms with Crippen molar-refractivity contribution in [3.63, 3.8) is 0 Å². The number of nitrogens with zero attached hydrogens (tertiary/aromatic N) is 1. The first-order valence-electron chi connectivity index (χ1n) is 9.97. The Labute approximate surface area is 176 Å². The summed E-state index contributed by atoms with van der Waals surface area (Å²) in [6.07, 6.45) is 2.45. The summed E-state index contributed by atoms with van der Waals surface area (Å²) < 4.78 is 27.3. The fraction of sp³-hybridized carbons (Fsp3) is 0.364. The highest BCUT2D eigenvalue weighted by Crippen LogP contribution is 2.26. The number of carboxylic acids is 1. The van der Waals surface area contributed by atoms with Gasteiger partial charge in [-0.2, -0.15) is 4.31 Å². The average Bonchev–Trinajstić information content (AvgIpc) is 2.74. The van der Waals surface area contributed by atoms with Gasteiger partial charge in [-0.25, -0.2) is 8.42 Å². The molecule has 7 nitrogen and oxygen atoms in total. The van der Waals surface area contributed by atoms with Gasteiger partial charge < -0.3 is 10.4 Å². The van der Waals surface area contributed by atoms with E-state index in [1.165, 1.54) is 10.4 Å². The Kier molecular flexibility index (Phi) is 6.89. The first-order valence-corrected chi connectivity index (χ1v) is 11.4. The lowest BCUT2D eigenvalue weighted by Gasteiger charge is -2.26. The van der Waals surface area contributed by atoms with Gasteiger partial charge in [-0.05, 0) is 43.0 Å². The van der Waals surface area contributed by atoms with Crippen LogP contribution in [0.1, 0.15) is 42.7 Å². The van der Waals surface area contributed by atoms with Gasteiger partial charge in [0, 0.05) is 25.2 Å². The monoisotopic (exact) mass is 430 g/mol. The number of hydrogen-bond acceptors (Lipinski definition) is 4. The lowest BCUT2D eigenvalue weighted by molar-refractivity contribution is -0.140. The molecule has 0 aromatic heterocycles. The molecule has 1 aliphatic rings. The van der Waals surface area contributed by atoms with Gasteiger partial charge in [-0.15, -0.1) is 0 Å². The van der Waals surface area contributed by atoms with Gasteiger partial charge in [0.1, 0.15) is 0 Å². The quantitative estimate of drug-likeness (QED) is 0.701. The summed E-state index contributed by atoms with van der Waals surface area (Å²) in [5.74, 6) is -2.55. The van der Waals surface area contributed by atoms with E-state index >= 15 is 0 Å². The number of amides is 1. The lowest BCUT2D eigenvalue weighted by Crippen LogP contribution is -2.35. The molecule has 1 fully saturated rings. The largest absolute Gasteiger partial charge is 0.481 e. The normalized spacial score (nSPS) is 16.0. The molecule has 2 N–H and O–H groups in total. The zero-order valence-electron chi connectivity index (χ0n) is 16.9. The third-order valence-corrected chi connectivity index (χ3v) is 7.22. The van der Waals surface area contributed by atoms with Crippen molar-refractivity contribution in [1.29, 1.82) is 0 Å². The molecular formula is C22H26N2O5S. The second-order valence-electron chi connectivity index (χ2n) is 7.50. The van der Waals surface area contributed by atoms with Crippen molar-refractivity contribution < 1.29 is 23.1 Å². The third-order valence-electron chi connectivity index (χ3n) is 5.33. The molecule has 0 radical (unpaired) electrons. The molecule has 30 heavy (non-hydrogen) atoms. The summed E-state index contributed by atoms with van der Waals surface area (Å²) in [7, 11) is -3.63. The fourth-order valence-corrected chi connectivity index (χ4v) is 5.11. The van der Waals surface area contributed by atoms with Crippen LogP contribution in [-0.4, -0.2) is 42.8 Å². The van der Waals surface area contributed by atoms with Gasteiger partial charge in [0.05, 0.1) is 10.8 Å². The molecule has 1 saturated heterocycles. The summed E-state index contributed by atoms with van der Waals surface area (Å²) in [4.78, 5) is 24.4. The molecule has 0 spiro atoms. The average molecular weight is 431 g/mol. The minimum absolute atomic E-state index is 0.128. The summed E-state index contributed by atoms with van der Waals surface area (Å²) in [5.41, 5.74) is 1.61. The van der Waals surface area contributed by atoms with E-state index in [1.807, 2.05) is 0 Å². The van der Waals surface area contributed by atoms with Gasteiger partial charge in [0.15, 0.2) is 0 Å². The Bertz CT molecular complexity index is 1020. The van der Waals surface area contributed by atoms with Crippen LogP contribution < -0.4 is 5.32 Å². The summed E-state index contributed by atoms with van der Waals surface area (Å²) >= 11 is 0. The van der Waals surface area contributed by atoms with Crippen LogP contribution in [0.2, 0.25) is 0 Å². The maximum Gasteiger partial charge on any atom is 0.311 e. The first kappa shape index (κ1) is 22.0. The van der Waals surface area contributed by atoms with Crippen LogP contribution in [0.5, 0.6) is 0 Å². The predicted molar refractivity (Wildman–Crippen MR) is 114 cm³/mol. The molecule has 1 heterocycles. The van der Waals surface area contributed by atoms with Crippen LogP contribution in [0.4, 0.5) is 5.69 Å². The number of sulfonamides is 1. The molecule has 1 aliphatic heterocycles. The number of rotatable bonds is 7. The number of benzene rings is 2. The second kappa shape index (κ2) is 9.40. The SMILES string of the molecule is Cc1ccc(S(=O)(=O)N2CCCCC2)cc1NC(=O)CC(C(=O)O)c1ccccc1. The molecule has 3 rings (SSSR count). The van der Waals surface area contributed by atoms with E-state index < -0.39 is 27.8 Å². The molecule has 8 heteroatoms. The highest BCUT2D eigenvalue weighted by atomic mass is 32.2. The Morgan fingerprint density at radius 1 is 1.07 bits per heavy atom. The van der Waals surface area contributed by atoms with Crippen molar-refractivity contribution in [2.75, 3.05) is 18.4 Å². The van der Waals surface area contributed by atoms with Crippen LogP contribution in [0.3, 0.4) is 0 Å². The number of carbonyl (C=O) groups is 2. The minimum Gasteiger partial charge on any atom is -0.481 e. The maximum atomic E-state index is 12.9. The van der Waals surface area contributed by atoms with E-state index in [1.54, 1.807) is 49.4 Å². The number of carboxylic acid groups (broad SMARTS) is 1. The molecule has 1 unspecified atom stereocenters. The van der Waals surface area contributed by atoms with Gasteiger partial charge in [-0.3, -0.25) is 9.59 Å². The van der Waals surface area contributed by atoms with Crippen LogP contribution in [0.25, 0.3) is 0 Å². The number of carbonyl (C=O) groups excluding carboxylic acids is 1. The van der Waals surface area contributed by atoms with Gasteiger partial charge in [0.2, 0.25) is 15.9 Å². The van der Waals surface area contributed by atoms with E-state index in [-0.39, 0.29) is 11.3 Å². The summed E-state index contributed by atoms with van der Waals surface area (Å²) in [6.45, 7) is 2.75. The third kappa shape index (κ3) is 5.06. The number of hydrogen-bond donors (Lipinski definition) is 2. The topological polar surface area (TPSA) is 104 Å². The lowest BCUT2D eigenvalue weighted by atomic mass is 9.95. The number of piperidine rings is 1. The van der Waals surface area contributed by atoms with Crippen molar-refractivity contribution in [3.05, 3.63) is 59.7 Å². The van der Waals surface area contributed by atoms with Gasteiger partial charge in [0.25, 0.3) is 0 Å². The molecule has 2 aromatic rings. The van der Waals surface area contributed by atoms with Crippen LogP contribution in [0, 0.1) is 6.92 Å². The highest BCUT2D eigenvalue weighted by molar-refractivity contribution is 7.89. The zero-order valence-corrected chi connectivity index (χ0v) is 17.7. The molecule has 0 bridgehead atoms. The van der Waals surface area contributed by atoms with E-state index in [4.69, 9.17) is 0 Å². The Morgan fingerprint density at radius 3 is 2.37 bits per heavy atom. The van der Waals surface area contributed by atoms with E-state index in [2.05, 4.69) is 5.32 Å². The van der Waals surface area contributed by atoms with Crippen LogP contribution in [-0.2, 0) is 19.6 Å². The number of aryl methyl sites for hydroxylation is 1. The van der Waals surface area contributed by atoms with Crippen molar-refractivity contribution in [2.24, 2.45) is 0 Å². The van der Waals surface area contributed by atoms with E-state index in [9.17, 15) is 23.1 Å². The van der Waals surface area contributed by atoms with Crippen LogP contribution in [0.15, 0.2) is 53.4 Å². The second-order valence-corrected chi connectivity index (χ2v) is 9.43. The van der Waals surface area contributed by atoms with Crippen LogP contribution >= 0.6 is 0 Å². The summed E-state index contributed by atoms with van der Waals surface area (Å²) in [6, 6.07) is 13.2. The number of anilines is 1. The molecule has 0 aliphatic carbocycles. The van der Waals surface area contributed by atoms with Crippen molar-refractivity contribution in [3.8, 4) is 0 Å². The molecule has 1 amide bonds. The molecule has 2 aromatic carbocycles. The predicted octanol–water partition coefficient (Wildman–Crippen LogP) is 3.37. The standard InChI is InChI=1S/C22H26N2O5S/c1-16-10-11-18(30(28,29)24-12-6-3-7-13-24)14-20(16)23-21(25)15-19(22(26)27)17-8-4-2-5-9-17/h2,4-5,8-11,14,19H,3,6-7,12-13,15H2,1H3,(H,23,25)(H,26,27). The molecule has 0 saturated carbocycles. The minimum atomic E-state index is -3.63.